The van der Waals surface area contributed by atoms with Crippen LogP contribution in [0.5, 0.6) is 5.75 Å². The second-order valence-corrected chi connectivity index (χ2v) is 5.65. The highest BCUT2D eigenvalue weighted by Gasteiger charge is 2.13. The Morgan fingerprint density at radius 1 is 0.913 bits per heavy atom. The fraction of sp³-hybridized carbons (Fsp3) is 0. The van der Waals surface area contributed by atoms with Crippen molar-refractivity contribution < 1.29 is 15.0 Å². The number of hydrogen-bond donors (Lipinski definition) is 2. The number of fused-ring (bicyclic) bond motifs is 1. The summed E-state index contributed by atoms with van der Waals surface area (Å²) in [6.45, 7) is 0. The van der Waals surface area contributed by atoms with E-state index in [1.54, 1.807) is 18.2 Å². The Morgan fingerprint density at radius 3 is 2.43 bits per heavy atom. The van der Waals surface area contributed by atoms with E-state index in [0.29, 0.717) is 10.2 Å². The number of halogens is 1. The Labute approximate surface area is 140 Å². The molecule has 0 saturated heterocycles. The summed E-state index contributed by atoms with van der Waals surface area (Å²) in [7, 11) is 0. The third-order valence-corrected chi connectivity index (χ3v) is 3.99. The quantitative estimate of drug-likeness (QED) is 0.603. The number of phenols is 1. The molecule has 3 aromatic rings. The van der Waals surface area contributed by atoms with Gasteiger partial charge in [0.25, 0.3) is 0 Å². The minimum atomic E-state index is -1.10. The van der Waals surface area contributed by atoms with Crippen LogP contribution >= 0.6 is 15.9 Å². The van der Waals surface area contributed by atoms with Crippen LogP contribution in [0, 0.1) is 0 Å². The van der Waals surface area contributed by atoms with Crippen molar-refractivity contribution in [3.63, 3.8) is 0 Å². The molecule has 6 heteroatoms. The number of carbonyl (C=O) groups is 1. The molecule has 0 heterocycles. The Bertz CT molecular complexity index is 938. The van der Waals surface area contributed by atoms with Crippen LogP contribution in [0.25, 0.3) is 10.8 Å². The van der Waals surface area contributed by atoms with Crippen molar-refractivity contribution in [1.29, 1.82) is 0 Å². The molecule has 0 aliphatic rings. The van der Waals surface area contributed by atoms with Crippen LogP contribution in [0.2, 0.25) is 0 Å². The molecule has 0 aromatic heterocycles. The van der Waals surface area contributed by atoms with Crippen LogP contribution in [0.4, 0.5) is 11.4 Å². The van der Waals surface area contributed by atoms with Crippen molar-refractivity contribution in [2.45, 2.75) is 0 Å². The summed E-state index contributed by atoms with van der Waals surface area (Å²) in [6, 6.07) is 15.5. The molecule has 0 aliphatic carbocycles. The molecule has 0 atom stereocenters. The summed E-state index contributed by atoms with van der Waals surface area (Å²) in [5.41, 5.74) is 0.533. The van der Waals surface area contributed by atoms with Crippen molar-refractivity contribution in [1.82, 2.24) is 0 Å². The number of aromatic hydroxyl groups is 1. The maximum absolute atomic E-state index is 11.3. The van der Waals surface area contributed by atoms with Crippen LogP contribution in [0.1, 0.15) is 10.4 Å². The lowest BCUT2D eigenvalue weighted by Crippen LogP contribution is -1.96. The molecule has 0 saturated carbocycles. The van der Waals surface area contributed by atoms with Gasteiger partial charge in [-0.25, -0.2) is 4.79 Å². The molecule has 23 heavy (non-hydrogen) atoms. The Balaban J connectivity index is 2.15. The van der Waals surface area contributed by atoms with E-state index in [1.165, 1.54) is 12.1 Å². The number of hydrogen-bond acceptors (Lipinski definition) is 4. The molecule has 0 aliphatic heterocycles. The molecular weight excluding hydrogens is 360 g/mol. The molecule has 5 nitrogen and oxygen atoms in total. The van der Waals surface area contributed by atoms with Gasteiger partial charge in [-0.1, -0.05) is 36.4 Å². The standard InChI is InChI=1S/C17H11BrN2O3/c18-13-7-3-6-12(17(22)23)15(13)19-20-16-11-5-2-1-4-10(11)8-9-14(16)21/h1-9,21H,(H,22,23). The van der Waals surface area contributed by atoms with Crippen LogP contribution in [-0.4, -0.2) is 16.2 Å². The Morgan fingerprint density at radius 2 is 1.65 bits per heavy atom. The van der Waals surface area contributed by atoms with Gasteiger partial charge in [0.2, 0.25) is 0 Å². The molecule has 0 fully saturated rings. The molecular formula is C17H11BrN2O3. The number of azo groups is 1. The lowest BCUT2D eigenvalue weighted by atomic mass is 10.1. The highest BCUT2D eigenvalue weighted by Crippen LogP contribution is 2.37. The summed E-state index contributed by atoms with van der Waals surface area (Å²) in [4.78, 5) is 11.3. The van der Waals surface area contributed by atoms with Crippen LogP contribution in [0.15, 0.2) is 69.3 Å². The van der Waals surface area contributed by atoms with Crippen LogP contribution in [0.3, 0.4) is 0 Å². The van der Waals surface area contributed by atoms with Crippen molar-refractivity contribution >= 4 is 44.0 Å². The van der Waals surface area contributed by atoms with Gasteiger partial charge in [0.05, 0.1) is 5.56 Å². The fourth-order valence-corrected chi connectivity index (χ4v) is 2.68. The average Bonchev–Trinajstić information content (AvgIpc) is 2.54. The molecule has 0 amide bonds. The molecule has 0 radical (unpaired) electrons. The van der Waals surface area contributed by atoms with Gasteiger partial charge in [-0.3, -0.25) is 0 Å². The van der Waals surface area contributed by atoms with Crippen molar-refractivity contribution in [2.24, 2.45) is 10.2 Å². The van der Waals surface area contributed by atoms with Crippen LogP contribution in [-0.2, 0) is 0 Å². The number of rotatable bonds is 3. The second kappa shape index (κ2) is 6.18. The average molecular weight is 371 g/mol. The lowest BCUT2D eigenvalue weighted by Gasteiger charge is -2.05. The van der Waals surface area contributed by atoms with Gasteiger partial charge >= 0.3 is 5.97 Å². The number of benzene rings is 3. The molecule has 0 bridgehead atoms. The summed E-state index contributed by atoms with van der Waals surface area (Å²) in [5, 5.41) is 29.1. The highest BCUT2D eigenvalue weighted by molar-refractivity contribution is 9.10. The van der Waals surface area contributed by atoms with E-state index >= 15 is 0 Å². The van der Waals surface area contributed by atoms with E-state index in [0.717, 1.165) is 10.8 Å². The molecule has 3 rings (SSSR count). The molecule has 114 valence electrons. The number of aromatic carboxylic acids is 1. The zero-order chi connectivity index (χ0) is 16.4. The van der Waals surface area contributed by atoms with Gasteiger partial charge in [0.1, 0.15) is 17.1 Å². The van der Waals surface area contributed by atoms with E-state index < -0.39 is 5.97 Å². The first-order valence-electron chi connectivity index (χ1n) is 6.72. The molecule has 0 spiro atoms. The molecule has 3 aromatic carbocycles. The zero-order valence-electron chi connectivity index (χ0n) is 11.8. The third kappa shape index (κ3) is 2.93. The number of phenolic OH excluding ortho intramolecular Hbond substituents is 1. The molecule has 2 N–H and O–H groups in total. The van der Waals surface area contributed by atoms with E-state index in [4.69, 9.17) is 0 Å². The maximum Gasteiger partial charge on any atom is 0.338 e. The predicted molar refractivity (Wildman–Crippen MR) is 90.9 cm³/mol. The summed E-state index contributed by atoms with van der Waals surface area (Å²) >= 11 is 3.28. The van der Waals surface area contributed by atoms with Crippen molar-refractivity contribution in [2.75, 3.05) is 0 Å². The minimum absolute atomic E-state index is 0.0172. The lowest BCUT2D eigenvalue weighted by molar-refractivity contribution is 0.0697. The van der Waals surface area contributed by atoms with E-state index in [1.807, 2.05) is 24.3 Å². The van der Waals surface area contributed by atoms with E-state index in [2.05, 4.69) is 26.2 Å². The van der Waals surface area contributed by atoms with Crippen molar-refractivity contribution in [3.05, 3.63) is 64.6 Å². The predicted octanol–water partition coefficient (Wildman–Crippen LogP) is 5.42. The monoisotopic (exact) mass is 370 g/mol. The summed E-state index contributed by atoms with van der Waals surface area (Å²) in [5.74, 6) is -1.11. The van der Waals surface area contributed by atoms with E-state index in [9.17, 15) is 15.0 Å². The first-order chi connectivity index (χ1) is 11.1. The van der Waals surface area contributed by atoms with Gasteiger partial charge in [0.15, 0.2) is 0 Å². The van der Waals surface area contributed by atoms with E-state index in [-0.39, 0.29) is 17.0 Å². The van der Waals surface area contributed by atoms with Gasteiger partial charge in [-0.05, 0) is 39.5 Å². The van der Waals surface area contributed by atoms with Crippen LogP contribution < -0.4 is 0 Å². The van der Waals surface area contributed by atoms with Crippen molar-refractivity contribution in [3.8, 4) is 5.75 Å². The number of carboxylic acid groups (broad SMARTS) is 1. The molecule has 0 unspecified atom stereocenters. The fourth-order valence-electron chi connectivity index (χ4n) is 2.24. The zero-order valence-corrected chi connectivity index (χ0v) is 13.4. The highest BCUT2D eigenvalue weighted by atomic mass is 79.9. The number of carboxylic acids is 1. The second-order valence-electron chi connectivity index (χ2n) is 4.80. The third-order valence-electron chi connectivity index (χ3n) is 3.35. The Hall–Kier alpha value is -2.73. The number of nitrogens with zero attached hydrogens (tertiary/aromatic N) is 2. The largest absolute Gasteiger partial charge is 0.506 e. The maximum atomic E-state index is 11.3. The van der Waals surface area contributed by atoms with Gasteiger partial charge in [-0.15, -0.1) is 10.2 Å². The Kier molecular flexibility index (Phi) is 4.08. The normalized spacial score (nSPS) is 11.2. The smallest absolute Gasteiger partial charge is 0.338 e. The summed E-state index contributed by atoms with van der Waals surface area (Å²) < 4.78 is 0.515. The van der Waals surface area contributed by atoms with Gasteiger partial charge < -0.3 is 10.2 Å². The summed E-state index contributed by atoms with van der Waals surface area (Å²) in [6.07, 6.45) is 0. The van der Waals surface area contributed by atoms with Gasteiger partial charge in [-0.2, -0.15) is 0 Å². The topological polar surface area (TPSA) is 82.2 Å². The first kappa shape index (κ1) is 15.2. The van der Waals surface area contributed by atoms with Gasteiger partial charge in [0, 0.05) is 9.86 Å². The SMILES string of the molecule is O=C(O)c1cccc(Br)c1N=Nc1c(O)ccc2ccccc12. The minimum Gasteiger partial charge on any atom is -0.506 e. The first-order valence-corrected chi connectivity index (χ1v) is 7.51.